The largest absolute Gasteiger partial charge is 0.485 e. The Kier molecular flexibility index (Phi) is 4.44. The molecule has 104 valence electrons. The zero-order valence-corrected chi connectivity index (χ0v) is 11.6. The first-order valence-corrected chi connectivity index (χ1v) is 6.32. The van der Waals surface area contributed by atoms with Crippen LogP contribution in [0.1, 0.15) is 10.4 Å². The molecule has 0 radical (unpaired) electrons. The van der Waals surface area contributed by atoms with Crippen molar-refractivity contribution in [3.63, 3.8) is 0 Å². The summed E-state index contributed by atoms with van der Waals surface area (Å²) in [5.74, 6) is -2.72. The number of hydrogen-bond acceptors (Lipinski definition) is 2. The highest BCUT2D eigenvalue weighted by molar-refractivity contribution is 9.10. The lowest BCUT2D eigenvalue weighted by Gasteiger charge is -2.07. The minimum atomic E-state index is -0.833. The fourth-order valence-corrected chi connectivity index (χ4v) is 1.99. The van der Waals surface area contributed by atoms with Gasteiger partial charge in [-0.3, -0.25) is 4.79 Å². The van der Waals surface area contributed by atoms with Gasteiger partial charge < -0.3 is 4.74 Å². The molecule has 0 saturated heterocycles. The van der Waals surface area contributed by atoms with Crippen LogP contribution in [0, 0.1) is 17.5 Å². The van der Waals surface area contributed by atoms with E-state index < -0.39 is 35.4 Å². The highest BCUT2D eigenvalue weighted by atomic mass is 79.9. The van der Waals surface area contributed by atoms with E-state index in [9.17, 15) is 18.0 Å². The Hall–Kier alpha value is -1.82. The van der Waals surface area contributed by atoms with Gasteiger partial charge in [0.05, 0.1) is 5.56 Å². The molecule has 0 fully saturated rings. The predicted molar refractivity (Wildman–Crippen MR) is 70.3 cm³/mol. The van der Waals surface area contributed by atoms with Crippen molar-refractivity contribution in [2.75, 3.05) is 6.61 Å². The van der Waals surface area contributed by atoms with E-state index >= 15 is 0 Å². The topological polar surface area (TPSA) is 26.3 Å². The third-order valence-electron chi connectivity index (χ3n) is 2.43. The van der Waals surface area contributed by atoms with Gasteiger partial charge in [-0.1, -0.05) is 15.9 Å². The number of ether oxygens (including phenoxy) is 1. The summed E-state index contributed by atoms with van der Waals surface area (Å²) in [6.45, 7) is -0.518. The summed E-state index contributed by atoms with van der Waals surface area (Å²) < 4.78 is 44.9. The van der Waals surface area contributed by atoms with E-state index in [1.54, 1.807) is 0 Å². The Morgan fingerprint density at radius 1 is 1.05 bits per heavy atom. The normalized spacial score (nSPS) is 10.4. The molecule has 2 rings (SSSR count). The number of ketones is 1. The fourth-order valence-electron chi connectivity index (χ4n) is 1.55. The molecule has 0 amide bonds. The van der Waals surface area contributed by atoms with E-state index in [-0.39, 0.29) is 5.75 Å². The lowest BCUT2D eigenvalue weighted by molar-refractivity contribution is 0.0916. The molecule has 0 aliphatic heterocycles. The molecule has 6 heteroatoms. The van der Waals surface area contributed by atoms with Crippen LogP contribution in [0.4, 0.5) is 13.2 Å². The number of carbonyl (C=O) groups excluding carboxylic acids is 1. The Morgan fingerprint density at radius 3 is 2.50 bits per heavy atom. The van der Waals surface area contributed by atoms with E-state index in [1.807, 2.05) is 0 Å². The summed E-state index contributed by atoms with van der Waals surface area (Å²) in [7, 11) is 0. The molecule has 0 atom stereocenters. The maximum atomic E-state index is 13.4. The molecule has 2 nitrogen and oxygen atoms in total. The smallest absolute Gasteiger partial charge is 0.203 e. The van der Waals surface area contributed by atoms with Crippen LogP contribution < -0.4 is 4.74 Å². The van der Waals surface area contributed by atoms with Crippen LogP contribution >= 0.6 is 15.9 Å². The molecule has 0 N–H and O–H groups in total. The zero-order chi connectivity index (χ0) is 14.7. The number of carbonyl (C=O) groups is 1. The number of benzene rings is 2. The molecular formula is C14H8BrF3O2. The second kappa shape index (κ2) is 6.09. The van der Waals surface area contributed by atoms with Gasteiger partial charge >= 0.3 is 0 Å². The van der Waals surface area contributed by atoms with Gasteiger partial charge in [-0.15, -0.1) is 0 Å². The molecular weight excluding hydrogens is 337 g/mol. The molecule has 0 aromatic heterocycles. The van der Waals surface area contributed by atoms with Crippen LogP contribution in [0.3, 0.4) is 0 Å². The molecule has 20 heavy (non-hydrogen) atoms. The molecule has 0 aliphatic carbocycles. The second-order valence-corrected chi connectivity index (χ2v) is 4.86. The van der Waals surface area contributed by atoms with Crippen molar-refractivity contribution in [3.05, 3.63) is 63.9 Å². The van der Waals surface area contributed by atoms with Crippen LogP contribution in [-0.4, -0.2) is 12.4 Å². The van der Waals surface area contributed by atoms with Crippen LogP contribution in [0.2, 0.25) is 0 Å². The Morgan fingerprint density at radius 2 is 1.80 bits per heavy atom. The van der Waals surface area contributed by atoms with Crippen LogP contribution in [0.25, 0.3) is 0 Å². The summed E-state index contributed by atoms with van der Waals surface area (Å²) in [6, 6.07) is 6.33. The lowest BCUT2D eigenvalue weighted by atomic mass is 10.1. The first-order valence-electron chi connectivity index (χ1n) is 5.53. The maximum Gasteiger partial charge on any atom is 0.203 e. The van der Waals surface area contributed by atoms with Crippen molar-refractivity contribution >= 4 is 21.7 Å². The van der Waals surface area contributed by atoms with Crippen molar-refractivity contribution in [2.45, 2.75) is 0 Å². The van der Waals surface area contributed by atoms with Gasteiger partial charge in [-0.2, -0.15) is 0 Å². The number of Topliss-reactive ketones (excluding diaryl/α,β-unsaturated/α-hetero) is 1. The standard InChI is InChI=1S/C14H8BrF3O2/c15-8-3-10(17)5-11(4-8)20-7-14(19)12-6-9(16)1-2-13(12)18/h1-6H,7H2. The van der Waals surface area contributed by atoms with E-state index in [2.05, 4.69) is 15.9 Å². The van der Waals surface area contributed by atoms with Gasteiger partial charge in [-0.25, -0.2) is 13.2 Å². The molecule has 0 bridgehead atoms. The Balaban J connectivity index is 2.10. The number of halogens is 4. The van der Waals surface area contributed by atoms with Crippen molar-refractivity contribution < 1.29 is 22.7 Å². The summed E-state index contributed by atoms with van der Waals surface area (Å²) in [5, 5.41) is 0. The highest BCUT2D eigenvalue weighted by Crippen LogP contribution is 2.21. The first kappa shape index (κ1) is 14.6. The van der Waals surface area contributed by atoms with E-state index in [1.165, 1.54) is 12.1 Å². The minimum Gasteiger partial charge on any atom is -0.485 e. The van der Waals surface area contributed by atoms with E-state index in [0.29, 0.717) is 4.47 Å². The van der Waals surface area contributed by atoms with Crippen molar-refractivity contribution in [1.29, 1.82) is 0 Å². The van der Waals surface area contributed by atoms with Crippen LogP contribution in [0.15, 0.2) is 40.9 Å². The van der Waals surface area contributed by atoms with Gasteiger partial charge in [0.25, 0.3) is 0 Å². The van der Waals surface area contributed by atoms with E-state index in [4.69, 9.17) is 4.74 Å². The van der Waals surface area contributed by atoms with Gasteiger partial charge in [0.2, 0.25) is 5.78 Å². The third kappa shape index (κ3) is 3.60. The SMILES string of the molecule is O=C(COc1cc(F)cc(Br)c1)c1cc(F)ccc1F. The Bertz CT molecular complexity index is 639. The summed E-state index contributed by atoms with van der Waals surface area (Å²) >= 11 is 3.07. The van der Waals surface area contributed by atoms with Gasteiger partial charge in [-0.05, 0) is 30.3 Å². The molecule has 0 unspecified atom stereocenters. The van der Waals surface area contributed by atoms with Crippen molar-refractivity contribution in [2.24, 2.45) is 0 Å². The van der Waals surface area contributed by atoms with Crippen LogP contribution in [0.5, 0.6) is 5.75 Å². The summed E-state index contributed by atoms with van der Waals surface area (Å²) in [6.07, 6.45) is 0. The second-order valence-electron chi connectivity index (χ2n) is 3.94. The summed E-state index contributed by atoms with van der Waals surface area (Å²) in [5.41, 5.74) is -0.402. The van der Waals surface area contributed by atoms with E-state index in [0.717, 1.165) is 24.3 Å². The molecule has 0 saturated carbocycles. The number of hydrogen-bond donors (Lipinski definition) is 0. The predicted octanol–water partition coefficient (Wildman–Crippen LogP) is 4.13. The van der Waals surface area contributed by atoms with Crippen molar-refractivity contribution in [1.82, 2.24) is 0 Å². The molecule has 0 heterocycles. The molecule has 0 spiro atoms. The number of rotatable bonds is 4. The quantitative estimate of drug-likeness (QED) is 0.779. The van der Waals surface area contributed by atoms with Crippen LogP contribution in [-0.2, 0) is 0 Å². The maximum absolute atomic E-state index is 13.4. The molecule has 2 aromatic carbocycles. The third-order valence-corrected chi connectivity index (χ3v) is 2.89. The lowest BCUT2D eigenvalue weighted by Crippen LogP contribution is -2.13. The molecule has 0 aliphatic rings. The summed E-state index contributed by atoms with van der Waals surface area (Å²) in [4.78, 5) is 11.7. The first-order chi connectivity index (χ1) is 9.45. The minimum absolute atomic E-state index is 0.113. The van der Waals surface area contributed by atoms with Gasteiger partial charge in [0.15, 0.2) is 6.61 Å². The van der Waals surface area contributed by atoms with Gasteiger partial charge in [0, 0.05) is 10.5 Å². The molecule has 2 aromatic rings. The zero-order valence-electron chi connectivity index (χ0n) is 10.00. The average molecular weight is 345 g/mol. The highest BCUT2D eigenvalue weighted by Gasteiger charge is 2.14. The average Bonchev–Trinajstić information content (AvgIpc) is 2.38. The Labute approximate surface area is 121 Å². The van der Waals surface area contributed by atoms with Gasteiger partial charge in [0.1, 0.15) is 23.2 Å². The monoisotopic (exact) mass is 344 g/mol. The van der Waals surface area contributed by atoms with Crippen molar-refractivity contribution in [3.8, 4) is 5.75 Å². The fraction of sp³-hybridized carbons (Fsp3) is 0.0714.